The summed E-state index contributed by atoms with van der Waals surface area (Å²) in [5.41, 5.74) is 0.815. The molecule has 0 bridgehead atoms. The number of benzene rings is 1. The van der Waals surface area contributed by atoms with Gasteiger partial charge in [0.1, 0.15) is 5.75 Å². The van der Waals surface area contributed by atoms with Crippen LogP contribution in [0.4, 0.5) is 5.13 Å². The van der Waals surface area contributed by atoms with Gasteiger partial charge in [-0.3, -0.25) is 4.79 Å². The number of nitrogens with zero attached hydrogens (tertiary/aromatic N) is 1. The van der Waals surface area contributed by atoms with Gasteiger partial charge in [0.25, 0.3) is 0 Å². The number of rotatable bonds is 4. The molecule has 0 aliphatic rings. The molecular weight excluding hydrogens is 260 g/mol. The third kappa shape index (κ3) is 2.87. The highest BCUT2D eigenvalue weighted by atomic mass is 35.5. The maximum absolute atomic E-state index is 11.4. The second-order valence-corrected chi connectivity index (χ2v) is 4.75. The van der Waals surface area contributed by atoms with Crippen molar-refractivity contribution in [3.05, 3.63) is 18.2 Å². The molecule has 0 fully saturated rings. The molecule has 0 saturated carbocycles. The van der Waals surface area contributed by atoms with Crippen LogP contribution in [0, 0.1) is 0 Å². The number of anilines is 1. The van der Waals surface area contributed by atoms with E-state index in [0.29, 0.717) is 17.4 Å². The minimum absolute atomic E-state index is 0.119. The Morgan fingerprint density at radius 2 is 2.41 bits per heavy atom. The highest BCUT2D eigenvalue weighted by Gasteiger charge is 2.07. The zero-order chi connectivity index (χ0) is 12.3. The standard InChI is InChI=1S/C11H11ClN2O2S/c1-16-7-2-3-9-8(6-7)13-11(17-9)14-10(15)4-5-12/h2-3,6H,4-5H2,1H3,(H,13,14,15). The van der Waals surface area contributed by atoms with Gasteiger partial charge in [-0.1, -0.05) is 11.3 Å². The summed E-state index contributed by atoms with van der Waals surface area (Å²) < 4.78 is 6.12. The Balaban J connectivity index is 2.22. The number of hydrogen-bond donors (Lipinski definition) is 1. The van der Waals surface area contributed by atoms with E-state index in [0.717, 1.165) is 16.0 Å². The number of fused-ring (bicyclic) bond motifs is 1. The van der Waals surface area contributed by atoms with Crippen molar-refractivity contribution >= 4 is 44.2 Å². The van der Waals surface area contributed by atoms with E-state index in [1.165, 1.54) is 11.3 Å². The molecule has 1 aromatic heterocycles. The third-order valence-corrected chi connectivity index (χ3v) is 3.30. The third-order valence-electron chi connectivity index (χ3n) is 2.16. The summed E-state index contributed by atoms with van der Waals surface area (Å²) in [7, 11) is 1.61. The lowest BCUT2D eigenvalue weighted by Crippen LogP contribution is -2.11. The Morgan fingerprint density at radius 1 is 1.59 bits per heavy atom. The van der Waals surface area contributed by atoms with Crippen LogP contribution in [0.5, 0.6) is 5.75 Å². The van der Waals surface area contributed by atoms with Crippen LogP contribution in [0.3, 0.4) is 0 Å². The molecule has 1 aromatic carbocycles. The molecule has 2 rings (SSSR count). The predicted molar refractivity (Wildman–Crippen MR) is 70.1 cm³/mol. The number of amides is 1. The van der Waals surface area contributed by atoms with Gasteiger partial charge in [0.05, 0.1) is 17.3 Å². The van der Waals surface area contributed by atoms with Gasteiger partial charge >= 0.3 is 0 Å². The van der Waals surface area contributed by atoms with E-state index in [-0.39, 0.29) is 5.91 Å². The van der Waals surface area contributed by atoms with E-state index in [2.05, 4.69) is 10.3 Å². The molecule has 17 heavy (non-hydrogen) atoms. The molecule has 0 radical (unpaired) electrons. The molecule has 6 heteroatoms. The van der Waals surface area contributed by atoms with E-state index in [1.807, 2.05) is 18.2 Å². The van der Waals surface area contributed by atoms with Crippen molar-refractivity contribution in [1.29, 1.82) is 0 Å². The summed E-state index contributed by atoms with van der Waals surface area (Å²) in [6.45, 7) is 0. The molecule has 0 atom stereocenters. The molecule has 1 N–H and O–H groups in total. The predicted octanol–water partition coefficient (Wildman–Crippen LogP) is 2.87. The number of halogens is 1. The van der Waals surface area contributed by atoms with Crippen LogP contribution in [0.2, 0.25) is 0 Å². The molecule has 4 nitrogen and oxygen atoms in total. The van der Waals surface area contributed by atoms with E-state index >= 15 is 0 Å². The maximum atomic E-state index is 11.4. The number of aromatic nitrogens is 1. The van der Waals surface area contributed by atoms with Crippen LogP contribution < -0.4 is 10.1 Å². The van der Waals surface area contributed by atoms with Crippen LogP contribution in [0.25, 0.3) is 10.2 Å². The van der Waals surface area contributed by atoms with E-state index in [1.54, 1.807) is 7.11 Å². The van der Waals surface area contributed by atoms with Crippen molar-refractivity contribution in [2.45, 2.75) is 6.42 Å². The molecule has 0 aliphatic carbocycles. The van der Waals surface area contributed by atoms with Crippen LogP contribution >= 0.6 is 22.9 Å². The molecule has 0 spiro atoms. The molecule has 0 unspecified atom stereocenters. The maximum Gasteiger partial charge on any atom is 0.227 e. The summed E-state index contributed by atoms with van der Waals surface area (Å²) >= 11 is 6.92. The first-order valence-electron chi connectivity index (χ1n) is 5.03. The van der Waals surface area contributed by atoms with Gasteiger partial charge in [-0.2, -0.15) is 0 Å². The first kappa shape index (κ1) is 12.1. The first-order chi connectivity index (χ1) is 8.22. The number of hydrogen-bond acceptors (Lipinski definition) is 4. The number of nitrogens with one attached hydrogen (secondary N) is 1. The molecule has 2 aromatic rings. The Hall–Kier alpha value is -1.33. The minimum Gasteiger partial charge on any atom is -0.497 e. The quantitative estimate of drug-likeness (QED) is 0.869. The number of ether oxygens (including phenoxy) is 1. The van der Waals surface area contributed by atoms with Crippen LogP contribution in [-0.2, 0) is 4.79 Å². The lowest BCUT2D eigenvalue weighted by molar-refractivity contribution is -0.115. The average Bonchev–Trinajstić information content (AvgIpc) is 2.69. The number of carbonyl (C=O) groups excluding carboxylic acids is 1. The van der Waals surface area contributed by atoms with Crippen molar-refractivity contribution in [3.8, 4) is 5.75 Å². The fraction of sp³-hybridized carbons (Fsp3) is 0.273. The highest BCUT2D eigenvalue weighted by Crippen LogP contribution is 2.28. The summed E-state index contributed by atoms with van der Waals surface area (Å²) in [5.74, 6) is 0.942. The normalized spacial score (nSPS) is 10.5. The molecular formula is C11H11ClN2O2S. The molecule has 1 amide bonds. The van der Waals surface area contributed by atoms with Crippen LogP contribution in [-0.4, -0.2) is 23.9 Å². The summed E-state index contributed by atoms with van der Waals surface area (Å²) in [6, 6.07) is 5.62. The van der Waals surface area contributed by atoms with Crippen molar-refractivity contribution in [3.63, 3.8) is 0 Å². The van der Waals surface area contributed by atoms with E-state index in [4.69, 9.17) is 16.3 Å². The van der Waals surface area contributed by atoms with Crippen molar-refractivity contribution in [1.82, 2.24) is 4.98 Å². The highest BCUT2D eigenvalue weighted by molar-refractivity contribution is 7.22. The van der Waals surface area contributed by atoms with Gasteiger partial charge in [-0.15, -0.1) is 11.6 Å². The Labute approximate surface area is 108 Å². The first-order valence-corrected chi connectivity index (χ1v) is 6.38. The van der Waals surface area contributed by atoms with Gasteiger partial charge in [0, 0.05) is 18.4 Å². The Bertz CT molecular complexity index is 541. The molecule has 90 valence electrons. The van der Waals surface area contributed by atoms with Gasteiger partial charge < -0.3 is 10.1 Å². The zero-order valence-electron chi connectivity index (χ0n) is 9.20. The van der Waals surface area contributed by atoms with Gasteiger partial charge in [0.2, 0.25) is 5.91 Å². The fourth-order valence-electron chi connectivity index (χ4n) is 1.36. The molecule has 0 aliphatic heterocycles. The zero-order valence-corrected chi connectivity index (χ0v) is 10.8. The lowest BCUT2D eigenvalue weighted by Gasteiger charge is -1.97. The second kappa shape index (κ2) is 5.33. The van der Waals surface area contributed by atoms with Gasteiger partial charge in [-0.05, 0) is 12.1 Å². The van der Waals surface area contributed by atoms with Crippen LogP contribution in [0.15, 0.2) is 18.2 Å². The van der Waals surface area contributed by atoms with Crippen molar-refractivity contribution in [2.24, 2.45) is 0 Å². The SMILES string of the molecule is COc1ccc2sc(NC(=O)CCCl)nc2c1. The Kier molecular flexibility index (Phi) is 3.81. The summed E-state index contributed by atoms with van der Waals surface area (Å²) in [4.78, 5) is 15.7. The van der Waals surface area contributed by atoms with Gasteiger partial charge in [0.15, 0.2) is 5.13 Å². The molecule has 0 saturated heterocycles. The number of carbonyl (C=O) groups is 1. The largest absolute Gasteiger partial charge is 0.497 e. The van der Waals surface area contributed by atoms with Crippen molar-refractivity contribution < 1.29 is 9.53 Å². The molecule has 1 heterocycles. The van der Waals surface area contributed by atoms with Crippen LogP contribution in [0.1, 0.15) is 6.42 Å². The number of methoxy groups -OCH3 is 1. The monoisotopic (exact) mass is 270 g/mol. The minimum atomic E-state index is -0.119. The summed E-state index contributed by atoms with van der Waals surface area (Å²) in [5, 5.41) is 3.30. The van der Waals surface area contributed by atoms with E-state index < -0.39 is 0 Å². The topological polar surface area (TPSA) is 51.2 Å². The second-order valence-electron chi connectivity index (χ2n) is 3.34. The van der Waals surface area contributed by atoms with E-state index in [9.17, 15) is 4.79 Å². The average molecular weight is 271 g/mol. The summed E-state index contributed by atoms with van der Waals surface area (Å²) in [6.07, 6.45) is 0.292. The fourth-order valence-corrected chi connectivity index (χ4v) is 2.39. The lowest BCUT2D eigenvalue weighted by atomic mass is 10.3. The Morgan fingerprint density at radius 3 is 3.12 bits per heavy atom. The van der Waals surface area contributed by atoms with Crippen molar-refractivity contribution in [2.75, 3.05) is 18.3 Å². The van der Waals surface area contributed by atoms with Gasteiger partial charge in [-0.25, -0.2) is 4.98 Å². The number of alkyl halides is 1. The number of thiazole rings is 1. The smallest absolute Gasteiger partial charge is 0.227 e.